The van der Waals surface area contributed by atoms with Gasteiger partial charge in [0.2, 0.25) is 0 Å². The van der Waals surface area contributed by atoms with Gasteiger partial charge in [-0.2, -0.15) is 0 Å². The van der Waals surface area contributed by atoms with E-state index in [-0.39, 0.29) is 17.2 Å². The fourth-order valence-electron chi connectivity index (χ4n) is 4.15. The van der Waals surface area contributed by atoms with Crippen molar-refractivity contribution in [3.05, 3.63) is 92.9 Å². The van der Waals surface area contributed by atoms with Crippen LogP contribution in [0.15, 0.2) is 70.0 Å². The Labute approximate surface area is 182 Å². The van der Waals surface area contributed by atoms with Crippen molar-refractivity contribution in [2.24, 2.45) is 0 Å². The molecule has 5 rings (SSSR count). The molecule has 1 atom stereocenters. The third-order valence-corrected chi connectivity index (χ3v) is 6.50. The van der Waals surface area contributed by atoms with E-state index in [1.54, 1.807) is 36.7 Å². The molecule has 1 aliphatic carbocycles. The number of anilines is 1. The number of benzene rings is 1. The van der Waals surface area contributed by atoms with Crippen molar-refractivity contribution in [3.8, 4) is 0 Å². The van der Waals surface area contributed by atoms with Crippen molar-refractivity contribution in [3.63, 3.8) is 0 Å². The highest BCUT2D eigenvalue weighted by Gasteiger charge is 2.37. The summed E-state index contributed by atoms with van der Waals surface area (Å²) in [6.45, 7) is 0. The number of halogens is 1. The van der Waals surface area contributed by atoms with Gasteiger partial charge in [-0.05, 0) is 36.1 Å². The second kappa shape index (κ2) is 8.11. The van der Waals surface area contributed by atoms with Crippen molar-refractivity contribution < 1.29 is 9.18 Å². The van der Waals surface area contributed by atoms with Gasteiger partial charge in [-0.15, -0.1) is 0 Å². The van der Waals surface area contributed by atoms with Gasteiger partial charge in [-0.25, -0.2) is 9.37 Å². The fourth-order valence-corrected chi connectivity index (χ4v) is 5.00. The van der Waals surface area contributed by atoms with Crippen molar-refractivity contribution in [1.29, 1.82) is 0 Å². The number of H-pyrrole nitrogens is 1. The number of hydrogen-bond donors (Lipinski definition) is 2. The van der Waals surface area contributed by atoms with Gasteiger partial charge in [0.1, 0.15) is 11.6 Å². The van der Waals surface area contributed by atoms with Gasteiger partial charge in [0.15, 0.2) is 10.9 Å². The molecule has 0 fully saturated rings. The van der Waals surface area contributed by atoms with E-state index in [4.69, 9.17) is 0 Å². The van der Waals surface area contributed by atoms with E-state index < -0.39 is 5.92 Å². The van der Waals surface area contributed by atoms with E-state index >= 15 is 0 Å². The van der Waals surface area contributed by atoms with E-state index in [0.29, 0.717) is 39.8 Å². The first-order valence-corrected chi connectivity index (χ1v) is 11.0. The molecule has 0 saturated heterocycles. The number of Topliss-reactive ketones (excluding diaryl/α,β-unsaturated/α-hetero) is 1. The number of rotatable bonds is 4. The van der Waals surface area contributed by atoms with Crippen LogP contribution in [0.5, 0.6) is 0 Å². The van der Waals surface area contributed by atoms with Crippen LogP contribution in [-0.4, -0.2) is 20.7 Å². The van der Waals surface area contributed by atoms with Gasteiger partial charge in [-0.3, -0.25) is 14.6 Å². The van der Waals surface area contributed by atoms with Gasteiger partial charge in [-0.1, -0.05) is 36.0 Å². The number of pyridine rings is 1. The first-order chi connectivity index (χ1) is 15.1. The Morgan fingerprint density at radius 3 is 2.81 bits per heavy atom. The Balaban J connectivity index is 1.56. The zero-order valence-corrected chi connectivity index (χ0v) is 17.3. The van der Waals surface area contributed by atoms with Crippen LogP contribution in [0.2, 0.25) is 0 Å². The molecule has 2 aromatic heterocycles. The topological polar surface area (TPSA) is 87.7 Å². The van der Waals surface area contributed by atoms with E-state index in [2.05, 4.69) is 20.3 Å². The number of aromatic amines is 1. The number of nitrogens with zero attached hydrogens (tertiary/aromatic N) is 2. The number of thioether (sulfide) groups is 1. The highest BCUT2D eigenvalue weighted by Crippen LogP contribution is 2.43. The molecular weight excluding hydrogens is 415 g/mol. The molecule has 156 valence electrons. The number of carbonyl (C=O) groups is 1. The fraction of sp³-hybridized carbons (Fsp3) is 0.217. The molecule has 0 unspecified atom stereocenters. The van der Waals surface area contributed by atoms with Crippen LogP contribution in [0.1, 0.15) is 41.9 Å². The number of nitrogens with one attached hydrogen (secondary N) is 2. The average Bonchev–Trinajstić information content (AvgIpc) is 2.78. The molecular formula is C23H19FN4O2S. The van der Waals surface area contributed by atoms with Crippen LogP contribution in [0, 0.1) is 5.82 Å². The van der Waals surface area contributed by atoms with Gasteiger partial charge in [0.05, 0.1) is 5.56 Å². The number of fused-ring (bicyclic) bond motifs is 1. The molecule has 3 aromatic rings. The molecule has 2 N–H and O–H groups in total. The number of carbonyl (C=O) groups excluding carboxylic acids is 1. The SMILES string of the molecule is O=C1CCCC2=C1[C@@H](c1cccnc1)c1c(nc(SCc3ccccc3F)[nH]c1=O)N2. The van der Waals surface area contributed by atoms with Crippen LogP contribution in [0.3, 0.4) is 0 Å². The lowest BCUT2D eigenvalue weighted by atomic mass is 9.77. The maximum absolute atomic E-state index is 13.9. The van der Waals surface area contributed by atoms with E-state index in [0.717, 1.165) is 24.1 Å². The number of hydrogen-bond acceptors (Lipinski definition) is 6. The number of allylic oxidation sites excluding steroid dienone is 2. The van der Waals surface area contributed by atoms with Crippen LogP contribution in [0.4, 0.5) is 10.2 Å². The van der Waals surface area contributed by atoms with Gasteiger partial charge in [0, 0.05) is 41.8 Å². The maximum Gasteiger partial charge on any atom is 0.257 e. The molecule has 8 heteroatoms. The first-order valence-electron chi connectivity index (χ1n) is 10.1. The highest BCUT2D eigenvalue weighted by atomic mass is 32.2. The quantitative estimate of drug-likeness (QED) is 0.474. The zero-order valence-electron chi connectivity index (χ0n) is 16.5. The molecule has 2 aliphatic rings. The molecule has 6 nitrogen and oxygen atoms in total. The minimum atomic E-state index is -0.505. The zero-order chi connectivity index (χ0) is 21.4. The van der Waals surface area contributed by atoms with Crippen LogP contribution in [0.25, 0.3) is 0 Å². The summed E-state index contributed by atoms with van der Waals surface area (Å²) in [6, 6.07) is 10.2. The Hall–Kier alpha value is -3.26. The van der Waals surface area contributed by atoms with Crippen molar-refractivity contribution in [2.45, 2.75) is 36.1 Å². The molecule has 31 heavy (non-hydrogen) atoms. The Morgan fingerprint density at radius 2 is 2.00 bits per heavy atom. The van der Waals surface area contributed by atoms with Crippen LogP contribution >= 0.6 is 11.8 Å². The second-order valence-electron chi connectivity index (χ2n) is 7.53. The highest BCUT2D eigenvalue weighted by molar-refractivity contribution is 7.98. The lowest BCUT2D eigenvalue weighted by Gasteiger charge is -2.32. The molecule has 3 heterocycles. The Kier molecular flexibility index (Phi) is 5.15. The molecule has 0 bridgehead atoms. The molecule has 0 saturated carbocycles. The largest absolute Gasteiger partial charge is 0.343 e. The smallest absolute Gasteiger partial charge is 0.257 e. The van der Waals surface area contributed by atoms with E-state index in [9.17, 15) is 14.0 Å². The Bertz CT molecular complexity index is 1260. The third-order valence-electron chi connectivity index (χ3n) is 5.58. The summed E-state index contributed by atoms with van der Waals surface area (Å²) in [5.74, 6) is 0.0373. The van der Waals surface area contributed by atoms with Gasteiger partial charge >= 0.3 is 0 Å². The summed E-state index contributed by atoms with van der Waals surface area (Å²) in [4.78, 5) is 37.6. The van der Waals surface area contributed by atoms with Crippen LogP contribution < -0.4 is 10.9 Å². The first kappa shape index (κ1) is 19.7. The summed E-state index contributed by atoms with van der Waals surface area (Å²) in [7, 11) is 0. The van der Waals surface area contributed by atoms with Crippen molar-refractivity contribution in [2.75, 3.05) is 5.32 Å². The number of ketones is 1. The predicted molar refractivity (Wildman–Crippen MR) is 116 cm³/mol. The van der Waals surface area contributed by atoms with Gasteiger partial charge < -0.3 is 10.3 Å². The lowest BCUT2D eigenvalue weighted by Crippen LogP contribution is -2.32. The summed E-state index contributed by atoms with van der Waals surface area (Å²) < 4.78 is 13.9. The summed E-state index contributed by atoms with van der Waals surface area (Å²) in [6.07, 6.45) is 5.30. The van der Waals surface area contributed by atoms with Crippen molar-refractivity contribution >= 4 is 23.4 Å². The number of aromatic nitrogens is 3. The molecule has 1 aliphatic heterocycles. The predicted octanol–water partition coefficient (Wildman–Crippen LogP) is 4.16. The van der Waals surface area contributed by atoms with E-state index in [1.165, 1.54) is 17.8 Å². The maximum atomic E-state index is 13.9. The molecule has 0 radical (unpaired) electrons. The third kappa shape index (κ3) is 3.67. The average molecular weight is 434 g/mol. The molecule has 1 aromatic carbocycles. The summed E-state index contributed by atoms with van der Waals surface area (Å²) in [5.41, 5.74) is 2.88. The standard InChI is InChI=1S/C23H19FN4O2S/c24-15-7-2-1-5-14(15)12-31-23-27-21-20(22(30)28-23)18(13-6-4-10-25-11-13)19-16(26-21)8-3-9-17(19)29/h1-2,4-7,10-11,18H,3,8-9,12H2,(H2,26,27,28,30)/t18-/m1/s1. The summed E-state index contributed by atoms with van der Waals surface area (Å²) in [5, 5.41) is 3.64. The summed E-state index contributed by atoms with van der Waals surface area (Å²) >= 11 is 1.26. The second-order valence-corrected chi connectivity index (χ2v) is 8.49. The van der Waals surface area contributed by atoms with Crippen LogP contribution in [-0.2, 0) is 10.5 Å². The minimum absolute atomic E-state index is 0.0469. The minimum Gasteiger partial charge on any atom is -0.343 e. The van der Waals surface area contributed by atoms with E-state index in [1.807, 2.05) is 6.07 Å². The lowest BCUT2D eigenvalue weighted by molar-refractivity contribution is -0.116. The van der Waals surface area contributed by atoms with Crippen molar-refractivity contribution in [1.82, 2.24) is 15.0 Å². The van der Waals surface area contributed by atoms with Gasteiger partial charge in [0.25, 0.3) is 5.56 Å². The normalized spacial score (nSPS) is 17.7. The molecule has 0 amide bonds. The Morgan fingerprint density at radius 1 is 1.13 bits per heavy atom. The monoisotopic (exact) mass is 434 g/mol. The molecule has 0 spiro atoms.